The van der Waals surface area contributed by atoms with Gasteiger partial charge < -0.3 is 19.9 Å². The van der Waals surface area contributed by atoms with Gasteiger partial charge in [-0.25, -0.2) is 9.18 Å². The minimum absolute atomic E-state index is 0.131. The van der Waals surface area contributed by atoms with Crippen LogP contribution in [0.4, 0.5) is 4.39 Å². The van der Waals surface area contributed by atoms with Crippen LogP contribution in [0, 0.1) is 5.82 Å². The number of rotatable bonds is 11. The van der Waals surface area contributed by atoms with Crippen molar-refractivity contribution < 1.29 is 28.6 Å². The molecule has 0 aliphatic rings. The van der Waals surface area contributed by atoms with Crippen molar-refractivity contribution in [1.29, 1.82) is 0 Å². The van der Waals surface area contributed by atoms with Crippen LogP contribution < -0.4 is 14.8 Å². The number of nitrogens with one attached hydrogen (secondary N) is 1. The van der Waals surface area contributed by atoms with Crippen LogP contribution in [0.5, 0.6) is 11.5 Å². The normalized spacial score (nSPS) is 11.4. The van der Waals surface area contributed by atoms with Crippen LogP contribution in [0.25, 0.3) is 11.1 Å². The maximum atomic E-state index is 13.1. The molecule has 188 valence electrons. The van der Waals surface area contributed by atoms with Crippen LogP contribution >= 0.6 is 0 Å². The Hall–Kier alpha value is -4.65. The maximum Gasteiger partial charge on any atom is 0.345 e. The molecule has 4 rings (SSSR count). The van der Waals surface area contributed by atoms with E-state index in [9.17, 15) is 19.1 Å². The minimum atomic E-state index is -1.12. The number of aliphatic carboxylic acids is 1. The van der Waals surface area contributed by atoms with Crippen molar-refractivity contribution in [3.63, 3.8) is 0 Å². The Labute approximate surface area is 214 Å². The third-order valence-electron chi connectivity index (χ3n) is 5.62. The molecule has 2 N–H and O–H groups in total. The molecular weight excluding hydrogens is 473 g/mol. The molecule has 4 aromatic carbocycles. The summed E-state index contributed by atoms with van der Waals surface area (Å²) in [6.45, 7) is 0.603. The highest BCUT2D eigenvalue weighted by Gasteiger charge is 2.20. The first kappa shape index (κ1) is 25.4. The Morgan fingerprint density at radius 1 is 0.784 bits per heavy atom. The summed E-state index contributed by atoms with van der Waals surface area (Å²) in [5, 5.41) is 12.3. The van der Waals surface area contributed by atoms with Gasteiger partial charge in [0.25, 0.3) is 5.91 Å². The van der Waals surface area contributed by atoms with Crippen LogP contribution in [-0.2, 0) is 11.2 Å². The molecular formula is C30H26FNO5. The number of carbonyl (C=O) groups excluding carboxylic acids is 1. The number of halogens is 1. The van der Waals surface area contributed by atoms with Gasteiger partial charge in [-0.1, -0.05) is 54.6 Å². The van der Waals surface area contributed by atoms with E-state index in [4.69, 9.17) is 9.47 Å². The smallest absolute Gasteiger partial charge is 0.345 e. The second-order valence-corrected chi connectivity index (χ2v) is 8.29. The molecule has 0 heterocycles. The van der Waals surface area contributed by atoms with E-state index in [2.05, 4.69) is 5.32 Å². The van der Waals surface area contributed by atoms with Crippen LogP contribution in [0.1, 0.15) is 15.9 Å². The average molecular weight is 500 g/mol. The van der Waals surface area contributed by atoms with Crippen LogP contribution in [0.2, 0.25) is 0 Å². The molecule has 0 fully saturated rings. The lowest BCUT2D eigenvalue weighted by Gasteiger charge is -2.15. The second-order valence-electron chi connectivity index (χ2n) is 8.29. The van der Waals surface area contributed by atoms with Gasteiger partial charge in [0.2, 0.25) is 0 Å². The lowest BCUT2D eigenvalue weighted by atomic mass is 10.0. The lowest BCUT2D eigenvalue weighted by Crippen LogP contribution is -2.29. The van der Waals surface area contributed by atoms with Gasteiger partial charge in [-0.3, -0.25) is 4.79 Å². The maximum absolute atomic E-state index is 13.1. The van der Waals surface area contributed by atoms with E-state index >= 15 is 0 Å². The summed E-state index contributed by atoms with van der Waals surface area (Å²) >= 11 is 0. The minimum Gasteiger partial charge on any atom is -0.492 e. The van der Waals surface area contributed by atoms with E-state index in [1.165, 1.54) is 24.3 Å². The summed E-state index contributed by atoms with van der Waals surface area (Å²) in [5.74, 6) is -0.846. The summed E-state index contributed by atoms with van der Waals surface area (Å²) < 4.78 is 24.2. The molecule has 37 heavy (non-hydrogen) atoms. The Morgan fingerprint density at radius 2 is 1.41 bits per heavy atom. The van der Waals surface area contributed by atoms with Crippen molar-refractivity contribution in [3.05, 3.63) is 120 Å². The van der Waals surface area contributed by atoms with Crippen molar-refractivity contribution in [3.8, 4) is 22.6 Å². The van der Waals surface area contributed by atoms with Gasteiger partial charge >= 0.3 is 5.97 Å². The zero-order valence-electron chi connectivity index (χ0n) is 20.0. The van der Waals surface area contributed by atoms with E-state index in [-0.39, 0.29) is 24.7 Å². The van der Waals surface area contributed by atoms with Crippen LogP contribution in [0.3, 0.4) is 0 Å². The van der Waals surface area contributed by atoms with E-state index in [1.54, 1.807) is 36.4 Å². The monoisotopic (exact) mass is 499 g/mol. The number of amides is 1. The van der Waals surface area contributed by atoms with Crippen molar-refractivity contribution in [2.24, 2.45) is 0 Å². The summed E-state index contributed by atoms with van der Waals surface area (Å²) in [7, 11) is 0. The number of ether oxygens (including phenoxy) is 2. The highest BCUT2D eigenvalue weighted by molar-refractivity contribution is 5.94. The first-order chi connectivity index (χ1) is 18.0. The van der Waals surface area contributed by atoms with Gasteiger partial charge in [-0.2, -0.15) is 0 Å². The summed E-state index contributed by atoms with van der Waals surface area (Å²) in [6, 6.07) is 29.6. The predicted molar refractivity (Wildman–Crippen MR) is 138 cm³/mol. The number of benzene rings is 4. The van der Waals surface area contributed by atoms with Gasteiger partial charge in [0.1, 0.15) is 23.9 Å². The predicted octanol–water partition coefficient (Wildman–Crippen LogP) is 5.38. The molecule has 1 unspecified atom stereocenters. The summed E-state index contributed by atoms with van der Waals surface area (Å²) in [5.41, 5.74) is 3.45. The van der Waals surface area contributed by atoms with Crippen LogP contribution in [-0.4, -0.2) is 36.2 Å². The van der Waals surface area contributed by atoms with Gasteiger partial charge in [0.05, 0.1) is 6.54 Å². The van der Waals surface area contributed by atoms with Crippen molar-refractivity contribution in [2.75, 3.05) is 13.2 Å². The zero-order chi connectivity index (χ0) is 26.0. The van der Waals surface area contributed by atoms with Crippen LogP contribution in [0.15, 0.2) is 103 Å². The van der Waals surface area contributed by atoms with Gasteiger partial charge in [0, 0.05) is 12.0 Å². The summed E-state index contributed by atoms with van der Waals surface area (Å²) in [4.78, 5) is 24.0. The number of carboxylic acids is 1. The van der Waals surface area contributed by atoms with Gasteiger partial charge in [-0.15, -0.1) is 0 Å². The molecule has 0 aliphatic carbocycles. The van der Waals surface area contributed by atoms with E-state index in [0.29, 0.717) is 17.9 Å². The average Bonchev–Trinajstić information content (AvgIpc) is 2.93. The van der Waals surface area contributed by atoms with Crippen molar-refractivity contribution in [2.45, 2.75) is 12.5 Å². The highest BCUT2D eigenvalue weighted by Crippen LogP contribution is 2.20. The van der Waals surface area contributed by atoms with E-state index in [0.717, 1.165) is 16.7 Å². The SMILES string of the molecule is O=C(NCCOc1ccc(CC(Oc2ccc(F)cc2)C(=O)O)cc1)c1ccc(-c2ccccc2)cc1. The summed E-state index contributed by atoms with van der Waals surface area (Å²) in [6.07, 6.45) is -0.985. The van der Waals surface area contributed by atoms with Crippen molar-refractivity contribution in [1.82, 2.24) is 5.32 Å². The standard InChI is InChI=1S/C30H26FNO5/c31-25-12-16-27(17-13-25)37-28(30(34)35)20-21-6-14-26(15-7-21)36-19-18-32-29(33)24-10-8-23(9-11-24)22-4-2-1-3-5-22/h1-17,28H,18-20H2,(H,32,33)(H,34,35). The molecule has 0 saturated heterocycles. The number of carbonyl (C=O) groups is 2. The van der Waals surface area contributed by atoms with Gasteiger partial charge in [-0.05, 0) is 65.2 Å². The molecule has 7 heteroatoms. The van der Waals surface area contributed by atoms with Crippen molar-refractivity contribution >= 4 is 11.9 Å². The Balaban J connectivity index is 1.22. The fourth-order valence-electron chi connectivity index (χ4n) is 3.67. The molecule has 0 aliphatic heterocycles. The molecule has 0 spiro atoms. The molecule has 6 nitrogen and oxygen atoms in total. The third kappa shape index (κ3) is 7.41. The molecule has 1 atom stereocenters. The quantitative estimate of drug-likeness (QED) is 0.271. The molecule has 0 radical (unpaired) electrons. The Morgan fingerprint density at radius 3 is 2.05 bits per heavy atom. The number of carboxylic acid groups (broad SMARTS) is 1. The first-order valence-corrected chi connectivity index (χ1v) is 11.8. The Bertz CT molecular complexity index is 1310. The first-order valence-electron chi connectivity index (χ1n) is 11.8. The molecule has 0 bridgehead atoms. The van der Waals surface area contributed by atoms with Gasteiger partial charge in [0.15, 0.2) is 6.10 Å². The lowest BCUT2D eigenvalue weighted by molar-refractivity contribution is -0.145. The molecule has 0 saturated carbocycles. The topological polar surface area (TPSA) is 84.9 Å². The zero-order valence-corrected chi connectivity index (χ0v) is 20.0. The molecule has 4 aromatic rings. The van der Waals surface area contributed by atoms with E-state index < -0.39 is 17.9 Å². The molecule has 0 aromatic heterocycles. The number of hydrogen-bond acceptors (Lipinski definition) is 4. The third-order valence-corrected chi connectivity index (χ3v) is 5.62. The second kappa shape index (κ2) is 12.4. The number of hydrogen-bond donors (Lipinski definition) is 2. The van der Waals surface area contributed by atoms with E-state index in [1.807, 2.05) is 42.5 Å². The Kier molecular flexibility index (Phi) is 8.49. The molecule has 1 amide bonds. The fourth-order valence-corrected chi connectivity index (χ4v) is 3.67. The largest absolute Gasteiger partial charge is 0.492 e. The fraction of sp³-hybridized carbons (Fsp3) is 0.133. The highest BCUT2D eigenvalue weighted by atomic mass is 19.1.